The minimum Gasteiger partial charge on any atom is -0.312 e. The number of nitrogens with zero attached hydrogens (tertiary/aromatic N) is 3. The Bertz CT molecular complexity index is 1070. The van der Waals surface area contributed by atoms with Crippen LogP contribution in [0.15, 0.2) is 53.8 Å². The smallest absolute Gasteiger partial charge is 0.209 e. The molecule has 3 aromatic rings. The first-order chi connectivity index (χ1) is 12.5. The molecule has 4 rings (SSSR count). The van der Waals surface area contributed by atoms with Gasteiger partial charge in [0.2, 0.25) is 5.13 Å². The van der Waals surface area contributed by atoms with Gasteiger partial charge in [-0.1, -0.05) is 35.3 Å². The maximum Gasteiger partial charge on any atom is 0.209 e. The van der Waals surface area contributed by atoms with E-state index in [-0.39, 0.29) is 10.9 Å². The van der Waals surface area contributed by atoms with E-state index < -0.39 is 10.7 Å². The molecule has 5 nitrogen and oxygen atoms in total. The molecule has 1 atom stereocenters. The van der Waals surface area contributed by atoms with E-state index in [0.29, 0.717) is 15.2 Å². The van der Waals surface area contributed by atoms with E-state index in [9.17, 15) is 8.42 Å². The van der Waals surface area contributed by atoms with Crippen molar-refractivity contribution in [1.29, 1.82) is 0 Å². The maximum atomic E-state index is 11.3. The number of anilines is 1. The highest BCUT2D eigenvalue weighted by molar-refractivity contribution is 7.72. The monoisotopic (exact) mass is 423 g/mol. The summed E-state index contributed by atoms with van der Waals surface area (Å²) >= 11 is 13.8. The third-order valence-corrected chi connectivity index (χ3v) is 6.04. The zero-order valence-electron chi connectivity index (χ0n) is 13.0. The Morgan fingerprint density at radius 2 is 1.88 bits per heavy atom. The molecule has 1 aliphatic heterocycles. The van der Waals surface area contributed by atoms with Crippen LogP contribution in [0.5, 0.6) is 0 Å². The summed E-state index contributed by atoms with van der Waals surface area (Å²) in [5.74, 6) is 0. The van der Waals surface area contributed by atoms with Crippen LogP contribution in [0.1, 0.15) is 22.7 Å². The number of fused-ring (bicyclic) bond motifs is 1. The highest BCUT2D eigenvalue weighted by atomic mass is 35.5. The van der Waals surface area contributed by atoms with E-state index in [1.165, 1.54) is 17.9 Å². The molecule has 1 aromatic heterocycles. The van der Waals surface area contributed by atoms with Gasteiger partial charge in [-0.05, 0) is 47.0 Å². The van der Waals surface area contributed by atoms with Crippen molar-refractivity contribution in [3.05, 3.63) is 75.7 Å². The maximum absolute atomic E-state index is 11.3. The molecule has 132 valence electrons. The van der Waals surface area contributed by atoms with Crippen molar-refractivity contribution in [3.63, 3.8) is 0 Å². The van der Waals surface area contributed by atoms with E-state index in [0.717, 1.165) is 16.7 Å². The summed E-state index contributed by atoms with van der Waals surface area (Å²) < 4.78 is 26.7. The Balaban J connectivity index is 1.92. The average Bonchev–Trinajstić information content (AvgIpc) is 3.15. The average molecular weight is 424 g/mol. The van der Waals surface area contributed by atoms with Crippen LogP contribution in [0.4, 0.5) is 5.13 Å². The normalized spacial score (nSPS) is 16.1. The Morgan fingerprint density at radius 1 is 1.08 bits per heavy atom. The van der Waals surface area contributed by atoms with Gasteiger partial charge in [-0.25, -0.2) is 13.4 Å². The van der Waals surface area contributed by atoms with Gasteiger partial charge in [-0.15, -0.1) is 0 Å². The fourth-order valence-corrected chi connectivity index (χ4v) is 4.46. The minimum atomic E-state index is -2.65. The van der Waals surface area contributed by atoms with Crippen molar-refractivity contribution in [3.8, 4) is 0 Å². The molecule has 0 saturated carbocycles. The molecule has 0 amide bonds. The van der Waals surface area contributed by atoms with E-state index in [2.05, 4.69) is 9.36 Å². The SMILES string of the molecule is O=[SH](=O)c1ccc2c(c1)C=CN(c1ncns1)C2c1ccc(Cl)cc1Cl. The van der Waals surface area contributed by atoms with Gasteiger partial charge in [0.25, 0.3) is 0 Å². The highest BCUT2D eigenvalue weighted by Gasteiger charge is 2.30. The first-order valence-corrected chi connectivity index (χ1v) is 10.2. The van der Waals surface area contributed by atoms with Gasteiger partial charge < -0.3 is 4.90 Å². The number of halogens is 2. The molecule has 0 bridgehead atoms. The Hall–Kier alpha value is -1.93. The number of hydrogen-bond donors (Lipinski definition) is 1. The van der Waals surface area contributed by atoms with Crippen LogP contribution in [0, 0.1) is 0 Å². The van der Waals surface area contributed by atoms with Gasteiger partial charge in [0.05, 0.1) is 10.9 Å². The Morgan fingerprint density at radius 3 is 2.58 bits per heavy atom. The van der Waals surface area contributed by atoms with Gasteiger partial charge >= 0.3 is 0 Å². The van der Waals surface area contributed by atoms with Crippen LogP contribution in [-0.2, 0) is 10.7 Å². The molecule has 2 aromatic carbocycles. The van der Waals surface area contributed by atoms with Crippen molar-refractivity contribution in [1.82, 2.24) is 9.36 Å². The number of thiol groups is 1. The molecule has 0 spiro atoms. The summed E-state index contributed by atoms with van der Waals surface area (Å²) in [6.45, 7) is 0. The van der Waals surface area contributed by atoms with Gasteiger partial charge in [0.15, 0.2) is 10.7 Å². The lowest BCUT2D eigenvalue weighted by molar-refractivity contribution is 0.614. The van der Waals surface area contributed by atoms with Crippen molar-refractivity contribution < 1.29 is 8.42 Å². The van der Waals surface area contributed by atoms with Crippen LogP contribution in [-0.4, -0.2) is 17.8 Å². The summed E-state index contributed by atoms with van der Waals surface area (Å²) in [4.78, 5) is 6.53. The van der Waals surface area contributed by atoms with E-state index in [1.807, 2.05) is 29.3 Å². The van der Waals surface area contributed by atoms with Crippen LogP contribution in [0.2, 0.25) is 10.0 Å². The Kier molecular flexibility index (Phi) is 4.71. The highest BCUT2D eigenvalue weighted by Crippen LogP contribution is 2.42. The van der Waals surface area contributed by atoms with Crippen LogP contribution in [0.25, 0.3) is 6.08 Å². The van der Waals surface area contributed by atoms with Gasteiger partial charge in [0, 0.05) is 27.8 Å². The number of rotatable bonds is 3. The zero-order valence-corrected chi connectivity index (χ0v) is 16.3. The summed E-state index contributed by atoms with van der Waals surface area (Å²) in [5.41, 5.74) is 2.59. The second-order valence-electron chi connectivity index (χ2n) is 5.59. The lowest BCUT2D eigenvalue weighted by Crippen LogP contribution is -2.27. The second kappa shape index (κ2) is 7.00. The molecule has 26 heavy (non-hydrogen) atoms. The minimum absolute atomic E-state index is 0.272. The van der Waals surface area contributed by atoms with Gasteiger partial charge in [0.1, 0.15) is 6.33 Å². The van der Waals surface area contributed by atoms with E-state index in [1.54, 1.807) is 24.3 Å². The summed E-state index contributed by atoms with van der Waals surface area (Å²) in [6.07, 6.45) is 5.22. The fraction of sp³-hybridized carbons (Fsp3) is 0.0588. The van der Waals surface area contributed by atoms with Crippen molar-refractivity contribution in [2.75, 3.05) is 4.90 Å². The quantitative estimate of drug-likeness (QED) is 0.632. The molecule has 1 unspecified atom stereocenters. The Labute approximate surface area is 165 Å². The molecule has 0 saturated heterocycles. The third-order valence-electron chi connectivity index (χ3n) is 4.10. The van der Waals surface area contributed by atoms with E-state index >= 15 is 0 Å². The molecular weight excluding hydrogens is 413 g/mol. The second-order valence-corrected chi connectivity index (χ2v) is 8.22. The first-order valence-electron chi connectivity index (χ1n) is 7.51. The molecule has 9 heteroatoms. The van der Waals surface area contributed by atoms with Crippen molar-refractivity contribution in [2.45, 2.75) is 10.9 Å². The summed E-state index contributed by atoms with van der Waals surface area (Å²) in [7, 11) is -2.65. The van der Waals surface area contributed by atoms with Crippen molar-refractivity contribution in [2.24, 2.45) is 0 Å². The molecule has 0 aliphatic carbocycles. The van der Waals surface area contributed by atoms with Gasteiger partial charge in [-0.2, -0.15) is 4.37 Å². The molecule has 0 radical (unpaired) electrons. The lowest BCUT2D eigenvalue weighted by Gasteiger charge is -2.33. The predicted octanol–water partition coefficient (Wildman–Crippen LogP) is 4.40. The largest absolute Gasteiger partial charge is 0.312 e. The van der Waals surface area contributed by atoms with Crippen LogP contribution in [0.3, 0.4) is 0 Å². The number of aromatic nitrogens is 2. The van der Waals surface area contributed by atoms with Crippen molar-refractivity contribution >= 4 is 56.6 Å². The number of benzene rings is 2. The summed E-state index contributed by atoms with van der Waals surface area (Å²) in [5, 5.41) is 1.78. The topological polar surface area (TPSA) is 63.2 Å². The standard InChI is InChI=1S/C17H11Cl2N3O2S2/c18-11-1-3-14(15(19)8-11)16-13-4-2-12(26(23)24)7-10(13)5-6-22(16)17-20-9-21-25-17/h1-9,16,26H. The molecule has 1 aliphatic rings. The predicted molar refractivity (Wildman–Crippen MR) is 105 cm³/mol. The molecule has 0 N–H and O–H groups in total. The number of hydrogen-bond acceptors (Lipinski definition) is 6. The molecular formula is C17H11Cl2N3O2S2. The third kappa shape index (κ3) is 3.12. The summed E-state index contributed by atoms with van der Waals surface area (Å²) in [6, 6.07) is 10.1. The van der Waals surface area contributed by atoms with Gasteiger partial charge in [-0.3, -0.25) is 0 Å². The molecule has 0 fully saturated rings. The zero-order chi connectivity index (χ0) is 18.3. The van der Waals surface area contributed by atoms with Crippen LogP contribution < -0.4 is 4.90 Å². The van der Waals surface area contributed by atoms with E-state index in [4.69, 9.17) is 23.2 Å². The molecule has 2 heterocycles. The lowest BCUT2D eigenvalue weighted by atomic mass is 9.91. The fourth-order valence-electron chi connectivity index (χ4n) is 2.96. The first kappa shape index (κ1) is 17.5. The van der Waals surface area contributed by atoms with Crippen LogP contribution >= 0.6 is 34.7 Å².